The SMILES string of the molecule is C[C@@H]1CC2=CC(=O)CC[C@@H]2[C@H]2CC[C@@]3(C)[C@@H](CC=C(Cl)C3(C)O)[C@@H]21. The van der Waals surface area contributed by atoms with Gasteiger partial charge in [-0.15, -0.1) is 0 Å². The Morgan fingerprint density at radius 3 is 2.79 bits per heavy atom. The highest BCUT2D eigenvalue weighted by molar-refractivity contribution is 6.30. The predicted octanol–water partition coefficient (Wildman–Crippen LogP) is 4.86. The first-order valence-electron chi connectivity index (χ1n) is 9.57. The van der Waals surface area contributed by atoms with Crippen LogP contribution >= 0.6 is 11.6 Å². The Bertz CT molecular complexity index is 632. The molecule has 2 fully saturated rings. The van der Waals surface area contributed by atoms with E-state index in [0.29, 0.717) is 40.4 Å². The second-order valence-electron chi connectivity index (χ2n) is 9.18. The molecule has 132 valence electrons. The minimum absolute atomic E-state index is 0.139. The van der Waals surface area contributed by atoms with Crippen molar-refractivity contribution in [2.24, 2.45) is 35.0 Å². The van der Waals surface area contributed by atoms with Crippen molar-refractivity contribution < 1.29 is 9.90 Å². The first-order valence-corrected chi connectivity index (χ1v) is 9.95. The molecule has 1 unspecified atom stereocenters. The van der Waals surface area contributed by atoms with Gasteiger partial charge < -0.3 is 5.11 Å². The lowest BCUT2D eigenvalue weighted by atomic mass is 9.44. The van der Waals surface area contributed by atoms with Gasteiger partial charge in [-0.1, -0.05) is 37.1 Å². The standard InChI is InChI=1S/C21H29ClO2/c1-12-10-13-11-14(23)4-5-15(13)16-8-9-20(2)17(19(12)16)6-7-18(22)21(20,3)24/h7,11-12,15-17,19,24H,4-6,8-10H2,1-3H3/t12-,15+,16-,17+,19-,20+,21?/m1/s1. The summed E-state index contributed by atoms with van der Waals surface area (Å²) in [4.78, 5) is 11.9. The normalized spacial score (nSPS) is 51.0. The number of ketones is 1. The highest BCUT2D eigenvalue weighted by atomic mass is 35.5. The van der Waals surface area contributed by atoms with Gasteiger partial charge in [0, 0.05) is 16.9 Å². The van der Waals surface area contributed by atoms with Gasteiger partial charge in [0.1, 0.15) is 5.60 Å². The molecule has 24 heavy (non-hydrogen) atoms. The van der Waals surface area contributed by atoms with E-state index in [1.54, 1.807) is 0 Å². The molecule has 0 bridgehead atoms. The number of hydrogen-bond donors (Lipinski definition) is 1. The summed E-state index contributed by atoms with van der Waals surface area (Å²) in [5.74, 6) is 3.29. The number of fused-ring (bicyclic) bond motifs is 5. The number of rotatable bonds is 0. The van der Waals surface area contributed by atoms with Crippen LogP contribution in [0.2, 0.25) is 0 Å². The minimum Gasteiger partial charge on any atom is -0.384 e. The minimum atomic E-state index is -0.916. The van der Waals surface area contributed by atoms with Crippen LogP contribution in [0.3, 0.4) is 0 Å². The average Bonchev–Trinajstić information content (AvgIpc) is 2.52. The molecule has 0 spiro atoms. The van der Waals surface area contributed by atoms with Gasteiger partial charge in [0.2, 0.25) is 0 Å². The van der Waals surface area contributed by atoms with Crippen LogP contribution in [0.15, 0.2) is 22.8 Å². The van der Waals surface area contributed by atoms with Gasteiger partial charge in [-0.05, 0) is 74.7 Å². The smallest absolute Gasteiger partial charge is 0.155 e. The third-order valence-electron chi connectivity index (χ3n) is 8.16. The molecule has 4 rings (SSSR count). The summed E-state index contributed by atoms with van der Waals surface area (Å²) in [5, 5.41) is 11.8. The van der Waals surface area contributed by atoms with E-state index in [-0.39, 0.29) is 5.41 Å². The van der Waals surface area contributed by atoms with Gasteiger partial charge in [-0.25, -0.2) is 0 Å². The van der Waals surface area contributed by atoms with E-state index in [9.17, 15) is 9.90 Å². The summed E-state index contributed by atoms with van der Waals surface area (Å²) in [5.41, 5.74) is 0.362. The summed E-state index contributed by atoms with van der Waals surface area (Å²) in [6.07, 6.45) is 10.0. The number of carbonyl (C=O) groups is 1. The number of carbonyl (C=O) groups excluding carboxylic acids is 1. The van der Waals surface area contributed by atoms with Gasteiger partial charge in [0.25, 0.3) is 0 Å². The third-order valence-corrected chi connectivity index (χ3v) is 8.68. The van der Waals surface area contributed by atoms with Gasteiger partial charge in [-0.3, -0.25) is 4.79 Å². The second kappa shape index (κ2) is 5.45. The van der Waals surface area contributed by atoms with Gasteiger partial charge in [-0.2, -0.15) is 0 Å². The molecule has 2 nitrogen and oxygen atoms in total. The van der Waals surface area contributed by atoms with Gasteiger partial charge in [0.05, 0.1) is 0 Å². The molecule has 1 N–H and O–H groups in total. The van der Waals surface area contributed by atoms with Gasteiger partial charge >= 0.3 is 0 Å². The monoisotopic (exact) mass is 348 g/mol. The maximum atomic E-state index is 11.9. The molecule has 0 saturated heterocycles. The van der Waals surface area contributed by atoms with E-state index in [0.717, 1.165) is 38.5 Å². The number of aliphatic hydroxyl groups is 1. The Kier molecular flexibility index (Phi) is 3.82. The molecule has 0 aliphatic heterocycles. The quantitative estimate of drug-likeness (QED) is 0.678. The van der Waals surface area contributed by atoms with E-state index in [4.69, 9.17) is 11.6 Å². The Morgan fingerprint density at radius 1 is 1.29 bits per heavy atom. The summed E-state index contributed by atoms with van der Waals surface area (Å²) in [6.45, 7) is 6.52. The van der Waals surface area contributed by atoms with Crippen molar-refractivity contribution in [3.8, 4) is 0 Å². The van der Waals surface area contributed by atoms with Crippen molar-refractivity contribution in [2.45, 2.75) is 64.9 Å². The van der Waals surface area contributed by atoms with Crippen molar-refractivity contribution in [1.82, 2.24) is 0 Å². The fraction of sp³-hybridized carbons (Fsp3) is 0.762. The lowest BCUT2D eigenvalue weighted by molar-refractivity contribution is -0.143. The largest absolute Gasteiger partial charge is 0.384 e. The fourth-order valence-electron chi connectivity index (χ4n) is 6.66. The third kappa shape index (κ3) is 2.15. The first kappa shape index (κ1) is 16.8. The highest BCUT2D eigenvalue weighted by Crippen LogP contribution is 2.64. The molecule has 0 radical (unpaired) electrons. The molecule has 3 heteroatoms. The zero-order chi connectivity index (χ0) is 17.3. The van der Waals surface area contributed by atoms with Crippen LogP contribution in [0.4, 0.5) is 0 Å². The molecule has 0 amide bonds. The molecule has 0 aromatic carbocycles. The Labute approximate surface area is 150 Å². The molecule has 4 aliphatic rings. The zero-order valence-electron chi connectivity index (χ0n) is 15.0. The van der Waals surface area contributed by atoms with E-state index < -0.39 is 5.60 Å². The predicted molar refractivity (Wildman–Crippen MR) is 96.6 cm³/mol. The van der Waals surface area contributed by atoms with E-state index in [1.807, 2.05) is 13.0 Å². The molecule has 7 atom stereocenters. The summed E-state index contributed by atoms with van der Waals surface area (Å²) in [6, 6.07) is 0. The highest BCUT2D eigenvalue weighted by Gasteiger charge is 2.60. The summed E-state index contributed by atoms with van der Waals surface area (Å²) < 4.78 is 0. The van der Waals surface area contributed by atoms with Crippen LogP contribution in [-0.4, -0.2) is 16.5 Å². The summed E-state index contributed by atoms with van der Waals surface area (Å²) >= 11 is 6.42. The zero-order valence-corrected chi connectivity index (χ0v) is 15.8. The first-order chi connectivity index (χ1) is 11.3. The van der Waals surface area contributed by atoms with Crippen molar-refractivity contribution in [2.75, 3.05) is 0 Å². The Hall–Kier alpha value is -0.600. The van der Waals surface area contributed by atoms with Crippen LogP contribution in [0.25, 0.3) is 0 Å². The van der Waals surface area contributed by atoms with Crippen molar-refractivity contribution in [1.29, 1.82) is 0 Å². The van der Waals surface area contributed by atoms with Crippen molar-refractivity contribution in [3.05, 3.63) is 22.8 Å². The topological polar surface area (TPSA) is 37.3 Å². The van der Waals surface area contributed by atoms with E-state index >= 15 is 0 Å². The average molecular weight is 349 g/mol. The number of allylic oxidation sites excluding steroid dienone is 3. The van der Waals surface area contributed by atoms with Gasteiger partial charge in [0.15, 0.2) is 5.78 Å². The van der Waals surface area contributed by atoms with Crippen LogP contribution in [0.1, 0.15) is 59.3 Å². The van der Waals surface area contributed by atoms with E-state index in [1.165, 1.54) is 5.57 Å². The van der Waals surface area contributed by atoms with Crippen molar-refractivity contribution >= 4 is 17.4 Å². The van der Waals surface area contributed by atoms with Crippen molar-refractivity contribution in [3.63, 3.8) is 0 Å². The molecular formula is C21H29ClO2. The number of halogens is 1. The number of hydrogen-bond acceptors (Lipinski definition) is 2. The Balaban J connectivity index is 1.73. The maximum Gasteiger partial charge on any atom is 0.155 e. The van der Waals surface area contributed by atoms with E-state index in [2.05, 4.69) is 19.9 Å². The second-order valence-corrected chi connectivity index (χ2v) is 9.58. The summed E-state index contributed by atoms with van der Waals surface area (Å²) in [7, 11) is 0. The van der Waals surface area contributed by atoms with Crippen LogP contribution < -0.4 is 0 Å². The molecule has 2 saturated carbocycles. The lowest BCUT2D eigenvalue weighted by Crippen LogP contribution is -2.59. The molecule has 0 aromatic heterocycles. The maximum absolute atomic E-state index is 11.9. The lowest BCUT2D eigenvalue weighted by Gasteiger charge is -2.61. The molecular weight excluding hydrogens is 320 g/mol. The van der Waals surface area contributed by atoms with Crippen LogP contribution in [0, 0.1) is 35.0 Å². The fourth-order valence-corrected chi connectivity index (χ4v) is 6.96. The molecule has 4 aliphatic carbocycles. The molecule has 0 aromatic rings. The Morgan fingerprint density at radius 2 is 2.04 bits per heavy atom. The van der Waals surface area contributed by atoms with Crippen LogP contribution in [-0.2, 0) is 4.79 Å². The molecule has 0 heterocycles. The van der Waals surface area contributed by atoms with Crippen LogP contribution in [0.5, 0.6) is 0 Å².